The number of nitrogens with one attached hydrogen (secondary N) is 1. The lowest BCUT2D eigenvalue weighted by molar-refractivity contribution is -0.130. The summed E-state index contributed by atoms with van der Waals surface area (Å²) in [6.45, 7) is 0.108. The first-order valence-electron chi connectivity index (χ1n) is 9.78. The Balaban J connectivity index is 1.56. The fourth-order valence-corrected chi connectivity index (χ4v) is 4.01. The summed E-state index contributed by atoms with van der Waals surface area (Å²) >= 11 is 0. The molecule has 1 fully saturated rings. The molecule has 0 aliphatic carbocycles. The van der Waals surface area contributed by atoms with Crippen LogP contribution in [-0.4, -0.2) is 21.8 Å². The number of hydrogen-bond acceptors (Lipinski definition) is 3. The standard InChI is InChI=1S/C25H19N3O2/c29-23-25(19-10-3-1-4-11-19,20-12-5-2-6-13-20)27-24(30)28(23)17-21-16-15-18-9-7-8-14-22(18)26-21/h1-16H,17H2,(H,27,30). The van der Waals surface area contributed by atoms with Gasteiger partial charge in [-0.05, 0) is 23.3 Å². The maximum absolute atomic E-state index is 13.7. The fraction of sp³-hybridized carbons (Fsp3) is 0.0800. The van der Waals surface area contributed by atoms with Crippen LogP contribution in [0.15, 0.2) is 97.1 Å². The van der Waals surface area contributed by atoms with E-state index in [9.17, 15) is 9.59 Å². The van der Waals surface area contributed by atoms with Gasteiger partial charge in [0.15, 0.2) is 5.54 Å². The third kappa shape index (κ3) is 2.83. The number of carbonyl (C=O) groups is 2. The lowest BCUT2D eigenvalue weighted by Crippen LogP contribution is -2.45. The topological polar surface area (TPSA) is 62.3 Å². The summed E-state index contributed by atoms with van der Waals surface area (Å²) in [4.78, 5) is 32.6. The molecule has 3 amide bonds. The molecule has 5 heteroatoms. The van der Waals surface area contributed by atoms with Gasteiger partial charge in [-0.1, -0.05) is 84.9 Å². The Morgan fingerprint density at radius 1 is 0.733 bits per heavy atom. The van der Waals surface area contributed by atoms with Gasteiger partial charge in [-0.2, -0.15) is 0 Å². The van der Waals surface area contributed by atoms with Crippen LogP contribution >= 0.6 is 0 Å². The molecule has 1 aliphatic rings. The van der Waals surface area contributed by atoms with E-state index in [0.29, 0.717) is 5.69 Å². The van der Waals surface area contributed by atoms with Crippen molar-refractivity contribution in [2.24, 2.45) is 0 Å². The maximum atomic E-state index is 13.7. The maximum Gasteiger partial charge on any atom is 0.325 e. The van der Waals surface area contributed by atoms with Crippen molar-refractivity contribution in [1.29, 1.82) is 0 Å². The number of urea groups is 1. The lowest BCUT2D eigenvalue weighted by atomic mass is 9.82. The van der Waals surface area contributed by atoms with Crippen molar-refractivity contribution >= 4 is 22.8 Å². The fourth-order valence-electron chi connectivity index (χ4n) is 4.01. The zero-order valence-electron chi connectivity index (χ0n) is 16.2. The zero-order valence-corrected chi connectivity index (χ0v) is 16.2. The minimum atomic E-state index is -1.25. The molecule has 0 atom stereocenters. The Morgan fingerprint density at radius 3 is 2.00 bits per heavy atom. The minimum Gasteiger partial charge on any atom is -0.315 e. The van der Waals surface area contributed by atoms with Crippen LogP contribution in [-0.2, 0) is 16.9 Å². The highest BCUT2D eigenvalue weighted by molar-refractivity contribution is 6.09. The molecule has 2 heterocycles. The van der Waals surface area contributed by atoms with Crippen LogP contribution in [0.3, 0.4) is 0 Å². The van der Waals surface area contributed by atoms with Crippen molar-refractivity contribution in [2.75, 3.05) is 0 Å². The second-order valence-electron chi connectivity index (χ2n) is 7.30. The summed E-state index contributed by atoms with van der Waals surface area (Å²) < 4.78 is 0. The van der Waals surface area contributed by atoms with Gasteiger partial charge >= 0.3 is 6.03 Å². The highest BCUT2D eigenvalue weighted by Gasteiger charge is 2.53. The summed E-state index contributed by atoms with van der Waals surface area (Å²) in [6.07, 6.45) is 0. The van der Waals surface area contributed by atoms with Gasteiger partial charge in [0.05, 0.1) is 17.8 Å². The van der Waals surface area contributed by atoms with Crippen LogP contribution in [0.5, 0.6) is 0 Å². The van der Waals surface area contributed by atoms with Gasteiger partial charge in [-0.15, -0.1) is 0 Å². The van der Waals surface area contributed by atoms with E-state index in [1.165, 1.54) is 4.90 Å². The molecule has 146 valence electrons. The van der Waals surface area contributed by atoms with E-state index >= 15 is 0 Å². The number of carbonyl (C=O) groups excluding carboxylic acids is 2. The van der Waals surface area contributed by atoms with Crippen molar-refractivity contribution in [2.45, 2.75) is 12.1 Å². The molecule has 0 unspecified atom stereocenters. The van der Waals surface area contributed by atoms with Gasteiger partial charge in [0.1, 0.15) is 0 Å². The summed E-state index contributed by atoms with van der Waals surface area (Å²) in [5.74, 6) is -0.306. The Hall–Kier alpha value is -3.99. The van der Waals surface area contributed by atoms with Gasteiger partial charge in [-0.3, -0.25) is 14.7 Å². The van der Waals surface area contributed by atoms with Gasteiger partial charge in [0, 0.05) is 5.39 Å². The summed E-state index contributed by atoms with van der Waals surface area (Å²) in [6, 6.07) is 29.9. The first kappa shape index (κ1) is 18.1. The summed E-state index contributed by atoms with van der Waals surface area (Å²) in [7, 11) is 0. The number of fused-ring (bicyclic) bond motifs is 1. The number of para-hydroxylation sites is 1. The van der Waals surface area contributed by atoms with Crippen LogP contribution in [0.2, 0.25) is 0 Å². The number of amides is 3. The molecule has 30 heavy (non-hydrogen) atoms. The molecule has 0 spiro atoms. The lowest BCUT2D eigenvalue weighted by Gasteiger charge is -2.28. The number of aromatic nitrogens is 1. The zero-order chi connectivity index (χ0) is 20.6. The van der Waals surface area contributed by atoms with E-state index < -0.39 is 11.6 Å². The minimum absolute atomic E-state index is 0.108. The molecule has 0 saturated carbocycles. The van der Waals surface area contributed by atoms with Gasteiger partial charge in [-0.25, -0.2) is 4.79 Å². The molecule has 3 aromatic carbocycles. The molecule has 4 aromatic rings. The van der Waals surface area contributed by atoms with Crippen LogP contribution in [0.25, 0.3) is 10.9 Å². The predicted octanol–water partition coefficient (Wildman–Crippen LogP) is 4.23. The molecule has 1 saturated heterocycles. The average Bonchev–Trinajstić information content (AvgIpc) is 3.06. The van der Waals surface area contributed by atoms with E-state index in [-0.39, 0.29) is 12.5 Å². The van der Waals surface area contributed by atoms with Crippen LogP contribution in [0.1, 0.15) is 16.8 Å². The number of pyridine rings is 1. The first-order valence-corrected chi connectivity index (χ1v) is 9.78. The predicted molar refractivity (Wildman–Crippen MR) is 114 cm³/mol. The van der Waals surface area contributed by atoms with Gasteiger partial charge < -0.3 is 5.32 Å². The Kier molecular flexibility index (Phi) is 4.29. The van der Waals surface area contributed by atoms with Crippen molar-refractivity contribution in [3.8, 4) is 0 Å². The van der Waals surface area contributed by atoms with E-state index in [4.69, 9.17) is 0 Å². The van der Waals surface area contributed by atoms with E-state index in [1.54, 1.807) is 0 Å². The smallest absolute Gasteiger partial charge is 0.315 e. The third-order valence-electron chi connectivity index (χ3n) is 5.50. The molecule has 0 bridgehead atoms. The summed E-state index contributed by atoms with van der Waals surface area (Å²) in [5.41, 5.74) is 1.69. The van der Waals surface area contributed by atoms with E-state index in [2.05, 4.69) is 10.3 Å². The van der Waals surface area contributed by atoms with Crippen LogP contribution in [0.4, 0.5) is 4.79 Å². The number of hydrogen-bond donors (Lipinski definition) is 1. The normalized spacial score (nSPS) is 15.4. The van der Waals surface area contributed by atoms with Crippen molar-refractivity contribution < 1.29 is 9.59 Å². The molecular weight excluding hydrogens is 374 g/mol. The number of nitrogens with zero attached hydrogens (tertiary/aromatic N) is 2. The van der Waals surface area contributed by atoms with Crippen molar-refractivity contribution in [3.63, 3.8) is 0 Å². The molecule has 1 aliphatic heterocycles. The molecule has 5 nitrogen and oxygen atoms in total. The van der Waals surface area contributed by atoms with E-state index in [0.717, 1.165) is 22.0 Å². The molecule has 0 radical (unpaired) electrons. The van der Waals surface area contributed by atoms with Crippen LogP contribution in [0, 0.1) is 0 Å². The molecule has 5 rings (SSSR count). The van der Waals surface area contributed by atoms with Gasteiger partial charge in [0.2, 0.25) is 0 Å². The number of rotatable bonds is 4. The molecule has 1 N–H and O–H groups in total. The quantitative estimate of drug-likeness (QED) is 0.528. The number of benzene rings is 3. The largest absolute Gasteiger partial charge is 0.325 e. The SMILES string of the molecule is O=C1NC(c2ccccc2)(c2ccccc2)C(=O)N1Cc1ccc2ccccc2n1. The Labute approximate surface area is 174 Å². The second-order valence-corrected chi connectivity index (χ2v) is 7.30. The van der Waals surface area contributed by atoms with Crippen molar-refractivity contribution in [3.05, 3.63) is 114 Å². The Morgan fingerprint density at radius 2 is 1.33 bits per heavy atom. The summed E-state index contributed by atoms with van der Waals surface area (Å²) in [5, 5.41) is 3.98. The Bertz CT molecular complexity index is 1200. The number of imide groups is 1. The highest BCUT2D eigenvalue weighted by atomic mass is 16.2. The van der Waals surface area contributed by atoms with Crippen molar-refractivity contribution in [1.82, 2.24) is 15.2 Å². The molecule has 1 aromatic heterocycles. The second kappa shape index (κ2) is 7.12. The molecular formula is C25H19N3O2. The van der Waals surface area contributed by atoms with Gasteiger partial charge in [0.25, 0.3) is 5.91 Å². The highest BCUT2D eigenvalue weighted by Crippen LogP contribution is 2.36. The third-order valence-corrected chi connectivity index (χ3v) is 5.50. The van der Waals surface area contributed by atoms with E-state index in [1.807, 2.05) is 97.1 Å². The van der Waals surface area contributed by atoms with Crippen LogP contribution < -0.4 is 5.32 Å². The monoisotopic (exact) mass is 393 g/mol. The first-order chi connectivity index (χ1) is 14.7. The average molecular weight is 393 g/mol.